The van der Waals surface area contributed by atoms with Gasteiger partial charge in [0.1, 0.15) is 0 Å². The first-order valence-electron chi connectivity index (χ1n) is 6.36. The summed E-state index contributed by atoms with van der Waals surface area (Å²) in [6.45, 7) is 1.96. The number of carbonyl (C=O) groups is 1. The summed E-state index contributed by atoms with van der Waals surface area (Å²) in [7, 11) is -3.68. The number of carboxylic acid groups (broad SMARTS) is 1. The molecule has 0 bridgehead atoms. The maximum absolute atomic E-state index is 12.4. The molecule has 1 aliphatic rings. The van der Waals surface area contributed by atoms with Gasteiger partial charge in [-0.05, 0) is 66.5 Å². The first-order chi connectivity index (χ1) is 9.30. The SMILES string of the molecule is CCC1(NS(=O)(=O)c2ccc(I)c(C(=O)O)c2)CCC1. The van der Waals surface area contributed by atoms with Crippen molar-refractivity contribution < 1.29 is 18.3 Å². The summed E-state index contributed by atoms with van der Waals surface area (Å²) < 4.78 is 28.0. The normalized spacial score (nSPS) is 17.5. The van der Waals surface area contributed by atoms with Gasteiger partial charge in [-0.15, -0.1) is 0 Å². The minimum absolute atomic E-state index is 0.00707. The van der Waals surface area contributed by atoms with E-state index in [9.17, 15) is 13.2 Å². The highest BCUT2D eigenvalue weighted by Gasteiger charge is 2.39. The van der Waals surface area contributed by atoms with E-state index < -0.39 is 16.0 Å². The predicted molar refractivity (Wildman–Crippen MR) is 83.3 cm³/mol. The van der Waals surface area contributed by atoms with E-state index in [0.29, 0.717) is 3.57 Å². The number of aromatic carboxylic acids is 1. The molecule has 1 fully saturated rings. The molecule has 0 atom stereocenters. The summed E-state index contributed by atoms with van der Waals surface area (Å²) in [4.78, 5) is 11.1. The van der Waals surface area contributed by atoms with Crippen molar-refractivity contribution in [2.24, 2.45) is 0 Å². The molecule has 0 amide bonds. The minimum Gasteiger partial charge on any atom is -0.478 e. The fraction of sp³-hybridized carbons (Fsp3) is 0.462. The molecule has 0 unspecified atom stereocenters. The van der Waals surface area contributed by atoms with Crippen molar-refractivity contribution in [1.82, 2.24) is 4.72 Å². The first kappa shape index (κ1) is 15.7. The zero-order valence-corrected chi connectivity index (χ0v) is 14.0. The second-order valence-electron chi connectivity index (χ2n) is 5.04. The average Bonchev–Trinajstić information content (AvgIpc) is 2.34. The Bertz CT molecular complexity index is 632. The summed E-state index contributed by atoms with van der Waals surface area (Å²) in [5.41, 5.74) is -0.349. The minimum atomic E-state index is -3.68. The fourth-order valence-corrected chi connectivity index (χ4v) is 4.43. The van der Waals surface area contributed by atoms with Crippen LogP contribution in [0.3, 0.4) is 0 Å². The Morgan fingerprint density at radius 2 is 2.10 bits per heavy atom. The zero-order chi connectivity index (χ0) is 15.0. The van der Waals surface area contributed by atoms with Gasteiger partial charge in [0.25, 0.3) is 0 Å². The van der Waals surface area contributed by atoms with Gasteiger partial charge >= 0.3 is 5.97 Å². The monoisotopic (exact) mass is 409 g/mol. The average molecular weight is 409 g/mol. The molecule has 0 aromatic heterocycles. The zero-order valence-electron chi connectivity index (χ0n) is 11.0. The van der Waals surface area contributed by atoms with Gasteiger partial charge in [-0.3, -0.25) is 0 Å². The van der Waals surface area contributed by atoms with Crippen molar-refractivity contribution in [3.05, 3.63) is 27.3 Å². The van der Waals surface area contributed by atoms with Crippen molar-refractivity contribution in [3.63, 3.8) is 0 Å². The third-order valence-electron chi connectivity index (χ3n) is 3.82. The summed E-state index contributed by atoms with van der Waals surface area (Å²) >= 11 is 1.88. The van der Waals surface area contributed by atoms with Crippen LogP contribution in [0.15, 0.2) is 23.1 Å². The molecule has 5 nitrogen and oxygen atoms in total. The van der Waals surface area contributed by atoms with Crippen molar-refractivity contribution in [2.45, 2.75) is 43.0 Å². The summed E-state index contributed by atoms with van der Waals surface area (Å²) in [6.07, 6.45) is 3.42. The van der Waals surface area contributed by atoms with Crippen molar-refractivity contribution in [1.29, 1.82) is 0 Å². The van der Waals surface area contributed by atoms with Gasteiger partial charge in [0.2, 0.25) is 10.0 Å². The highest BCUT2D eigenvalue weighted by Crippen LogP contribution is 2.36. The van der Waals surface area contributed by atoms with Gasteiger partial charge < -0.3 is 5.11 Å². The summed E-state index contributed by atoms with van der Waals surface area (Å²) in [5, 5.41) is 9.07. The van der Waals surface area contributed by atoms with E-state index in [1.807, 2.05) is 29.5 Å². The van der Waals surface area contributed by atoms with Crippen LogP contribution in [0, 0.1) is 3.57 Å². The molecule has 0 saturated heterocycles. The van der Waals surface area contributed by atoms with Crippen LogP contribution in [0.25, 0.3) is 0 Å². The summed E-state index contributed by atoms with van der Waals surface area (Å²) in [5.74, 6) is -1.12. The van der Waals surface area contributed by atoms with E-state index in [-0.39, 0.29) is 16.0 Å². The molecule has 0 radical (unpaired) electrons. The van der Waals surface area contributed by atoms with Gasteiger partial charge in [-0.2, -0.15) is 0 Å². The largest absolute Gasteiger partial charge is 0.478 e. The lowest BCUT2D eigenvalue weighted by atomic mass is 9.76. The van der Waals surface area contributed by atoms with Crippen LogP contribution in [0.2, 0.25) is 0 Å². The smallest absolute Gasteiger partial charge is 0.336 e. The van der Waals surface area contributed by atoms with E-state index >= 15 is 0 Å². The van der Waals surface area contributed by atoms with Crippen molar-refractivity contribution in [3.8, 4) is 0 Å². The number of nitrogens with one attached hydrogen (secondary N) is 1. The third-order valence-corrected chi connectivity index (χ3v) is 6.33. The number of carboxylic acids is 1. The van der Waals surface area contributed by atoms with Crippen molar-refractivity contribution >= 4 is 38.6 Å². The van der Waals surface area contributed by atoms with Crippen LogP contribution in [0.5, 0.6) is 0 Å². The molecule has 0 heterocycles. The second kappa shape index (κ2) is 5.61. The third kappa shape index (κ3) is 2.99. The van der Waals surface area contributed by atoms with E-state index in [2.05, 4.69) is 4.72 Å². The van der Waals surface area contributed by atoms with Gasteiger partial charge in [-0.25, -0.2) is 17.9 Å². The number of rotatable bonds is 5. The van der Waals surface area contributed by atoms with Gasteiger partial charge in [0, 0.05) is 9.11 Å². The van der Waals surface area contributed by atoms with E-state index in [1.165, 1.54) is 18.2 Å². The molecular weight excluding hydrogens is 393 g/mol. The lowest BCUT2D eigenvalue weighted by Crippen LogP contribution is -2.52. The lowest BCUT2D eigenvalue weighted by Gasteiger charge is -2.41. The standard InChI is InChI=1S/C13H16INO4S/c1-2-13(6-3-7-13)15-20(18,19)9-4-5-11(14)10(8-9)12(16)17/h4-5,8,15H,2-3,6-7H2,1H3,(H,16,17). The molecule has 1 saturated carbocycles. The maximum Gasteiger partial charge on any atom is 0.336 e. The molecule has 2 rings (SSSR count). The van der Waals surface area contributed by atoms with Gasteiger partial charge in [0.15, 0.2) is 0 Å². The Morgan fingerprint density at radius 3 is 2.55 bits per heavy atom. The molecule has 0 spiro atoms. The first-order valence-corrected chi connectivity index (χ1v) is 8.93. The van der Waals surface area contributed by atoms with E-state index in [1.54, 1.807) is 0 Å². The topological polar surface area (TPSA) is 83.5 Å². The van der Waals surface area contributed by atoms with Crippen molar-refractivity contribution in [2.75, 3.05) is 0 Å². The molecule has 2 N–H and O–H groups in total. The predicted octanol–water partition coefficient (Wildman–Crippen LogP) is 2.60. The Morgan fingerprint density at radius 1 is 1.45 bits per heavy atom. The molecule has 0 aliphatic heterocycles. The van der Waals surface area contributed by atoms with Crippen LogP contribution < -0.4 is 4.72 Å². The Hall–Kier alpha value is -0.670. The van der Waals surface area contributed by atoms with Crippen LogP contribution in [0.4, 0.5) is 0 Å². The molecule has 20 heavy (non-hydrogen) atoms. The fourth-order valence-electron chi connectivity index (χ4n) is 2.31. The number of hydrogen-bond acceptors (Lipinski definition) is 3. The number of benzene rings is 1. The number of sulfonamides is 1. The molecule has 1 aromatic carbocycles. The van der Waals surface area contributed by atoms with Crippen LogP contribution in [-0.2, 0) is 10.0 Å². The molecular formula is C13H16INO4S. The second-order valence-corrected chi connectivity index (χ2v) is 7.88. The number of halogens is 1. The Balaban J connectivity index is 2.35. The van der Waals surface area contributed by atoms with Crippen LogP contribution >= 0.6 is 22.6 Å². The Labute approximate surface area is 132 Å². The van der Waals surface area contributed by atoms with E-state index in [0.717, 1.165) is 25.7 Å². The highest BCUT2D eigenvalue weighted by molar-refractivity contribution is 14.1. The van der Waals surface area contributed by atoms with Gasteiger partial charge in [-0.1, -0.05) is 6.92 Å². The lowest BCUT2D eigenvalue weighted by molar-refractivity contribution is 0.0695. The number of hydrogen-bond donors (Lipinski definition) is 2. The van der Waals surface area contributed by atoms with Gasteiger partial charge in [0.05, 0.1) is 10.5 Å². The molecule has 110 valence electrons. The van der Waals surface area contributed by atoms with E-state index in [4.69, 9.17) is 5.11 Å². The van der Waals surface area contributed by atoms with Crippen LogP contribution in [0.1, 0.15) is 43.0 Å². The maximum atomic E-state index is 12.4. The quantitative estimate of drug-likeness (QED) is 0.733. The molecule has 7 heteroatoms. The molecule has 1 aromatic rings. The summed E-state index contributed by atoms with van der Waals surface area (Å²) in [6, 6.07) is 4.17. The molecule has 1 aliphatic carbocycles. The highest BCUT2D eigenvalue weighted by atomic mass is 127. The van der Waals surface area contributed by atoms with Crippen LogP contribution in [-0.4, -0.2) is 25.0 Å². The Kier molecular flexibility index (Phi) is 4.41.